The van der Waals surface area contributed by atoms with Crippen molar-refractivity contribution in [2.24, 2.45) is 5.41 Å². The third kappa shape index (κ3) is 3.85. The molecule has 3 atom stereocenters. The number of pyridine rings is 1. The van der Waals surface area contributed by atoms with Crippen LogP contribution in [0.25, 0.3) is 0 Å². The zero-order valence-corrected chi connectivity index (χ0v) is 16.6. The normalized spacial score (nSPS) is 24.0. The number of nitrogens with zero attached hydrogens (tertiary/aromatic N) is 2. The number of fused-ring (bicyclic) bond motifs is 2. The molecule has 1 aromatic heterocycles. The Morgan fingerprint density at radius 3 is 2.50 bits per heavy atom. The van der Waals surface area contributed by atoms with E-state index in [1.807, 2.05) is 30.3 Å². The van der Waals surface area contributed by atoms with Crippen LogP contribution in [-0.2, 0) is 16.0 Å². The van der Waals surface area contributed by atoms with E-state index in [9.17, 15) is 14.7 Å². The van der Waals surface area contributed by atoms with Gasteiger partial charge in [-0.05, 0) is 37.3 Å². The summed E-state index contributed by atoms with van der Waals surface area (Å²) in [7, 11) is 1.52. The molecule has 2 bridgehead atoms. The number of carboxylic acids is 1. The largest absolute Gasteiger partial charge is 0.483 e. The van der Waals surface area contributed by atoms with Crippen molar-refractivity contribution in [3.8, 4) is 5.88 Å². The molecule has 2 N–H and O–H groups in total. The van der Waals surface area contributed by atoms with Crippen LogP contribution in [0.2, 0.25) is 0 Å². The zero-order chi connectivity index (χ0) is 21.7. The number of hydrogen-bond donors (Lipinski definition) is 2. The second-order valence-corrected chi connectivity index (χ2v) is 7.48. The van der Waals surface area contributed by atoms with Gasteiger partial charge in [-0.3, -0.25) is 14.4 Å². The van der Waals surface area contributed by atoms with E-state index in [0.717, 1.165) is 18.4 Å². The molecule has 2 fully saturated rings. The van der Waals surface area contributed by atoms with E-state index >= 15 is 0 Å². The number of aromatic nitrogens is 1. The molecule has 4 rings (SSSR count). The molecule has 2 aliphatic heterocycles. The summed E-state index contributed by atoms with van der Waals surface area (Å²) < 4.78 is 5.05. The third-order valence-electron chi connectivity index (χ3n) is 5.96. The molecule has 2 aliphatic rings. The summed E-state index contributed by atoms with van der Waals surface area (Å²) in [4.78, 5) is 39.7. The molecule has 1 aromatic carbocycles. The number of hydrogen-bond acceptors (Lipinski definition) is 5. The molecule has 3 heterocycles. The van der Waals surface area contributed by atoms with Crippen LogP contribution in [0.15, 0.2) is 48.7 Å². The molecule has 0 aliphatic carbocycles. The van der Waals surface area contributed by atoms with Crippen molar-refractivity contribution in [1.82, 2.24) is 9.88 Å². The summed E-state index contributed by atoms with van der Waals surface area (Å²) in [6, 6.07) is 12.7. The molecule has 8 nitrogen and oxygen atoms in total. The maximum atomic E-state index is 13.1. The van der Waals surface area contributed by atoms with E-state index < -0.39 is 11.4 Å². The fraction of sp³-hybridized carbons (Fsp3) is 0.364. The summed E-state index contributed by atoms with van der Waals surface area (Å²) in [5, 5.41) is 17.0. The van der Waals surface area contributed by atoms with Crippen LogP contribution in [0.5, 0.6) is 5.88 Å². The minimum atomic E-state index is -0.931. The summed E-state index contributed by atoms with van der Waals surface area (Å²) in [6.45, 7) is -0.250. The quantitative estimate of drug-likeness (QED) is 0.725. The molecule has 158 valence electrons. The lowest BCUT2D eigenvalue weighted by Gasteiger charge is -2.33. The monoisotopic (exact) mass is 412 g/mol. The maximum absolute atomic E-state index is 13.1. The molecule has 2 saturated heterocycles. The number of benzene rings is 1. The van der Waals surface area contributed by atoms with E-state index in [1.165, 1.54) is 13.3 Å². The summed E-state index contributed by atoms with van der Waals surface area (Å²) >= 11 is 0. The Bertz CT molecular complexity index is 902. The Balaban J connectivity index is 0.000000806. The topological polar surface area (TPSA) is 117 Å². The van der Waals surface area contributed by atoms with E-state index in [1.54, 1.807) is 17.0 Å². The van der Waals surface area contributed by atoms with Gasteiger partial charge in [-0.2, -0.15) is 0 Å². The van der Waals surface area contributed by atoms with Gasteiger partial charge in [-0.15, -0.1) is 0 Å². The van der Waals surface area contributed by atoms with Crippen molar-refractivity contribution >= 4 is 18.3 Å². The van der Waals surface area contributed by atoms with Gasteiger partial charge in [0.25, 0.3) is 12.4 Å². The van der Waals surface area contributed by atoms with Gasteiger partial charge in [0, 0.05) is 24.3 Å². The second-order valence-electron chi connectivity index (χ2n) is 7.48. The minimum Gasteiger partial charge on any atom is -0.483 e. The highest BCUT2D eigenvalue weighted by Gasteiger charge is 2.61. The summed E-state index contributed by atoms with van der Waals surface area (Å²) in [5.41, 5.74) is 0.527. The van der Waals surface area contributed by atoms with Crippen molar-refractivity contribution < 1.29 is 29.3 Å². The van der Waals surface area contributed by atoms with E-state index in [0.29, 0.717) is 24.3 Å². The van der Waals surface area contributed by atoms with Crippen molar-refractivity contribution in [2.75, 3.05) is 7.11 Å². The highest BCUT2D eigenvalue weighted by atomic mass is 16.5. The third-order valence-corrected chi connectivity index (χ3v) is 5.96. The lowest BCUT2D eigenvalue weighted by atomic mass is 9.70. The number of carbonyl (C=O) groups excluding carboxylic acids is 1. The number of carbonyl (C=O) groups is 3. The van der Waals surface area contributed by atoms with Gasteiger partial charge in [0.1, 0.15) is 0 Å². The number of amides is 1. The first-order valence-corrected chi connectivity index (χ1v) is 9.64. The molecule has 2 aromatic rings. The smallest absolute Gasteiger partial charge is 0.312 e. The van der Waals surface area contributed by atoms with Gasteiger partial charge in [0.15, 0.2) is 0 Å². The van der Waals surface area contributed by atoms with Gasteiger partial charge >= 0.3 is 5.97 Å². The minimum absolute atomic E-state index is 0.0376. The van der Waals surface area contributed by atoms with Crippen LogP contribution in [0.3, 0.4) is 0 Å². The average Bonchev–Trinajstić information content (AvgIpc) is 3.31. The van der Waals surface area contributed by atoms with Crippen LogP contribution in [0, 0.1) is 5.41 Å². The molecule has 0 spiro atoms. The van der Waals surface area contributed by atoms with Crippen LogP contribution in [-0.4, -0.2) is 57.6 Å². The van der Waals surface area contributed by atoms with Gasteiger partial charge < -0.3 is 19.8 Å². The molecular formula is C22H24N2O6. The lowest BCUT2D eigenvalue weighted by molar-refractivity contribution is -0.150. The Morgan fingerprint density at radius 2 is 1.93 bits per heavy atom. The number of methoxy groups -OCH3 is 1. The predicted molar refractivity (Wildman–Crippen MR) is 107 cm³/mol. The molecule has 1 amide bonds. The SMILES string of the molecule is COc1ccc(C(=O)N2[C@H]3CC[C@@H]2[C@](Cc2ccccc2)(C(=O)O)C3)cn1.O=CO. The van der Waals surface area contributed by atoms with Crippen LogP contribution < -0.4 is 4.74 Å². The van der Waals surface area contributed by atoms with Crippen molar-refractivity contribution in [2.45, 2.75) is 37.8 Å². The van der Waals surface area contributed by atoms with Crippen molar-refractivity contribution in [3.05, 3.63) is 59.8 Å². The molecular weight excluding hydrogens is 388 g/mol. The number of aliphatic carboxylic acids is 1. The van der Waals surface area contributed by atoms with Crippen molar-refractivity contribution in [1.29, 1.82) is 0 Å². The summed E-state index contributed by atoms with van der Waals surface area (Å²) in [6.07, 6.45) is 4.01. The molecule has 0 saturated carbocycles. The zero-order valence-electron chi connectivity index (χ0n) is 16.6. The van der Waals surface area contributed by atoms with Crippen LogP contribution in [0.4, 0.5) is 0 Å². The summed E-state index contributed by atoms with van der Waals surface area (Å²) in [5.74, 6) is -0.516. The van der Waals surface area contributed by atoms with E-state index in [4.69, 9.17) is 14.6 Å². The highest BCUT2D eigenvalue weighted by molar-refractivity contribution is 5.96. The molecule has 0 radical (unpaired) electrons. The Morgan fingerprint density at radius 1 is 1.23 bits per heavy atom. The van der Waals surface area contributed by atoms with E-state index in [2.05, 4.69) is 4.98 Å². The molecule has 30 heavy (non-hydrogen) atoms. The second kappa shape index (κ2) is 8.94. The van der Waals surface area contributed by atoms with Crippen LogP contribution >= 0.6 is 0 Å². The number of rotatable bonds is 5. The van der Waals surface area contributed by atoms with Crippen molar-refractivity contribution in [3.63, 3.8) is 0 Å². The Kier molecular flexibility index (Phi) is 6.34. The van der Waals surface area contributed by atoms with Gasteiger partial charge in [0.05, 0.1) is 18.1 Å². The Hall–Kier alpha value is -3.42. The molecule has 0 unspecified atom stereocenters. The standard InChI is InChI=1S/C21H22N2O4.CH2O2/c1-27-18-10-7-15(13-22-18)19(24)23-16-8-9-17(23)21(12-16,20(25)26)11-14-5-3-2-4-6-14;2-1-3/h2-7,10,13,16-17H,8-9,11-12H2,1H3,(H,25,26);1H,(H,2,3)/t16-,17+,21+;/m0./s1. The fourth-order valence-corrected chi connectivity index (χ4v) is 4.72. The van der Waals surface area contributed by atoms with E-state index in [-0.39, 0.29) is 24.5 Å². The first kappa shape index (κ1) is 21.3. The lowest BCUT2D eigenvalue weighted by Crippen LogP contribution is -2.46. The van der Waals surface area contributed by atoms with Gasteiger partial charge in [-0.25, -0.2) is 4.98 Å². The van der Waals surface area contributed by atoms with Gasteiger partial charge in [-0.1, -0.05) is 30.3 Å². The number of ether oxygens (including phenoxy) is 1. The Labute approximate surface area is 174 Å². The number of carboxylic acid groups (broad SMARTS) is 2. The maximum Gasteiger partial charge on any atom is 0.312 e. The highest BCUT2D eigenvalue weighted by Crippen LogP contribution is 2.52. The van der Waals surface area contributed by atoms with Gasteiger partial charge in [0.2, 0.25) is 5.88 Å². The molecule has 8 heteroatoms. The predicted octanol–water partition coefficient (Wildman–Crippen LogP) is 2.48. The fourth-order valence-electron chi connectivity index (χ4n) is 4.72. The average molecular weight is 412 g/mol. The van der Waals surface area contributed by atoms with Crippen LogP contribution in [0.1, 0.15) is 35.2 Å². The first-order valence-electron chi connectivity index (χ1n) is 9.64. The first-order chi connectivity index (χ1) is 14.5.